The number of carbonyl (C=O) groups is 1. The first kappa shape index (κ1) is 21.3. The molecule has 2 aromatic carbocycles. The van der Waals surface area contributed by atoms with Crippen LogP contribution in [0.15, 0.2) is 42.5 Å². The Morgan fingerprint density at radius 2 is 1.83 bits per heavy atom. The number of hydrogen-bond acceptors (Lipinski definition) is 4. The van der Waals surface area contributed by atoms with Crippen molar-refractivity contribution in [3.05, 3.63) is 63.5 Å². The van der Waals surface area contributed by atoms with Crippen LogP contribution in [0.4, 0.5) is 5.13 Å². The molecule has 0 bridgehead atoms. The highest BCUT2D eigenvalue weighted by atomic mass is 35.5. The molecule has 6 heteroatoms. The van der Waals surface area contributed by atoms with Crippen LogP contribution in [0.3, 0.4) is 0 Å². The van der Waals surface area contributed by atoms with E-state index in [0.29, 0.717) is 10.2 Å². The molecule has 3 rings (SSSR count). The molecule has 0 aliphatic heterocycles. The van der Waals surface area contributed by atoms with Gasteiger partial charge in [-0.1, -0.05) is 62.2 Å². The fourth-order valence-corrected chi connectivity index (χ4v) is 3.96. The Hall–Kier alpha value is -2.37. The number of nitrogens with one attached hydrogen (secondary N) is 1. The van der Waals surface area contributed by atoms with Crippen LogP contribution in [-0.2, 0) is 10.2 Å². The van der Waals surface area contributed by atoms with E-state index in [9.17, 15) is 4.79 Å². The molecule has 0 spiro atoms. The van der Waals surface area contributed by atoms with E-state index in [2.05, 4.69) is 44.1 Å². The lowest BCUT2D eigenvalue weighted by molar-refractivity contribution is -0.118. The topological polar surface area (TPSA) is 51.2 Å². The third-order valence-corrected chi connectivity index (χ3v) is 5.60. The van der Waals surface area contributed by atoms with Crippen molar-refractivity contribution in [1.29, 1.82) is 0 Å². The predicted octanol–water partition coefficient (Wildman–Crippen LogP) is 6.40. The van der Waals surface area contributed by atoms with Gasteiger partial charge in [-0.15, -0.1) is 11.3 Å². The zero-order chi connectivity index (χ0) is 21.2. The molecule has 0 saturated carbocycles. The van der Waals surface area contributed by atoms with Gasteiger partial charge in [0.15, 0.2) is 11.7 Å². The van der Waals surface area contributed by atoms with E-state index in [0.717, 1.165) is 27.4 Å². The maximum atomic E-state index is 12.4. The fourth-order valence-electron chi connectivity index (χ4n) is 2.98. The molecular weight excluding hydrogens is 404 g/mol. The number of amides is 1. The summed E-state index contributed by atoms with van der Waals surface area (Å²) >= 11 is 7.40. The summed E-state index contributed by atoms with van der Waals surface area (Å²) in [6, 6.07) is 13.5. The van der Waals surface area contributed by atoms with Gasteiger partial charge in [0.1, 0.15) is 5.75 Å². The Morgan fingerprint density at radius 1 is 1.14 bits per heavy atom. The lowest BCUT2D eigenvalue weighted by Crippen LogP contribution is -2.22. The van der Waals surface area contributed by atoms with Gasteiger partial charge in [-0.3, -0.25) is 10.1 Å². The summed E-state index contributed by atoms with van der Waals surface area (Å²) < 4.78 is 5.84. The van der Waals surface area contributed by atoms with Crippen LogP contribution in [-0.4, -0.2) is 17.5 Å². The second-order valence-electron chi connectivity index (χ2n) is 8.02. The molecule has 0 aliphatic carbocycles. The average molecular weight is 429 g/mol. The number of hydrogen-bond donors (Lipinski definition) is 1. The molecule has 0 unspecified atom stereocenters. The van der Waals surface area contributed by atoms with Crippen LogP contribution >= 0.6 is 22.9 Å². The van der Waals surface area contributed by atoms with Crippen molar-refractivity contribution in [3.63, 3.8) is 0 Å². The number of aryl methyl sites for hydroxylation is 2. The Kier molecular flexibility index (Phi) is 6.30. The van der Waals surface area contributed by atoms with E-state index < -0.39 is 0 Å². The van der Waals surface area contributed by atoms with Gasteiger partial charge < -0.3 is 4.74 Å². The normalized spacial score (nSPS) is 11.4. The third kappa shape index (κ3) is 5.37. The number of anilines is 1. The van der Waals surface area contributed by atoms with E-state index in [1.54, 1.807) is 0 Å². The summed E-state index contributed by atoms with van der Waals surface area (Å²) in [5.74, 6) is 0.497. The second-order valence-corrected chi connectivity index (χ2v) is 9.66. The minimum atomic E-state index is -0.234. The predicted molar refractivity (Wildman–Crippen MR) is 121 cm³/mol. The zero-order valence-electron chi connectivity index (χ0n) is 17.3. The van der Waals surface area contributed by atoms with E-state index in [4.69, 9.17) is 16.3 Å². The Balaban J connectivity index is 1.68. The molecule has 1 amide bonds. The van der Waals surface area contributed by atoms with Crippen molar-refractivity contribution in [2.45, 2.75) is 40.0 Å². The van der Waals surface area contributed by atoms with Crippen LogP contribution < -0.4 is 10.1 Å². The maximum Gasteiger partial charge on any atom is 0.264 e. The van der Waals surface area contributed by atoms with Crippen molar-refractivity contribution in [1.82, 2.24) is 4.98 Å². The number of aromatic nitrogens is 1. The van der Waals surface area contributed by atoms with Crippen LogP contribution in [0.25, 0.3) is 11.3 Å². The largest absolute Gasteiger partial charge is 0.483 e. The number of ether oxygens (including phenoxy) is 1. The van der Waals surface area contributed by atoms with Crippen LogP contribution in [0, 0.1) is 13.8 Å². The van der Waals surface area contributed by atoms with Gasteiger partial charge in [0, 0.05) is 15.5 Å². The van der Waals surface area contributed by atoms with Crippen molar-refractivity contribution in [2.75, 3.05) is 11.9 Å². The Morgan fingerprint density at radius 3 is 2.48 bits per heavy atom. The molecule has 1 N–H and O–H groups in total. The zero-order valence-corrected chi connectivity index (χ0v) is 18.9. The second kappa shape index (κ2) is 8.56. The van der Waals surface area contributed by atoms with E-state index in [-0.39, 0.29) is 17.9 Å². The molecule has 0 fully saturated rings. The smallest absolute Gasteiger partial charge is 0.264 e. The van der Waals surface area contributed by atoms with E-state index in [1.165, 1.54) is 16.9 Å². The van der Waals surface area contributed by atoms with Gasteiger partial charge in [0.05, 0.1) is 5.69 Å². The van der Waals surface area contributed by atoms with Crippen LogP contribution in [0.2, 0.25) is 5.02 Å². The minimum absolute atomic E-state index is 0.0684. The number of carbonyl (C=O) groups excluding carboxylic acids is 1. The molecule has 3 aromatic rings. The first-order chi connectivity index (χ1) is 13.6. The van der Waals surface area contributed by atoms with E-state index in [1.807, 2.05) is 43.3 Å². The average Bonchev–Trinajstić information content (AvgIpc) is 3.00. The summed E-state index contributed by atoms with van der Waals surface area (Å²) in [6.07, 6.45) is 0. The summed E-state index contributed by atoms with van der Waals surface area (Å²) in [5.41, 5.74) is 3.99. The summed E-state index contributed by atoms with van der Waals surface area (Å²) in [5, 5.41) is 4.08. The highest BCUT2D eigenvalue weighted by Gasteiger charge is 2.20. The number of thiazole rings is 1. The first-order valence-corrected chi connectivity index (χ1v) is 10.6. The van der Waals surface area contributed by atoms with Gasteiger partial charge >= 0.3 is 0 Å². The number of benzene rings is 2. The number of rotatable bonds is 5. The first-order valence-electron chi connectivity index (χ1n) is 9.40. The Bertz CT molecular complexity index is 1020. The highest BCUT2D eigenvalue weighted by Crippen LogP contribution is 2.33. The standard InChI is InChI=1S/C23H25ClN2O2S/c1-14-6-11-19(18(12-14)23(3,4)5)28-13-20(27)25-22-26-21(15(2)29-22)16-7-9-17(24)10-8-16/h6-12H,13H2,1-5H3,(H,25,26,27). The highest BCUT2D eigenvalue weighted by molar-refractivity contribution is 7.16. The number of nitrogens with zero attached hydrogens (tertiary/aromatic N) is 1. The van der Waals surface area contributed by atoms with Crippen molar-refractivity contribution >= 4 is 34.0 Å². The lowest BCUT2D eigenvalue weighted by Gasteiger charge is -2.23. The fraction of sp³-hybridized carbons (Fsp3) is 0.304. The maximum absolute atomic E-state index is 12.4. The van der Waals surface area contributed by atoms with Gasteiger partial charge in [-0.25, -0.2) is 4.98 Å². The third-order valence-electron chi connectivity index (χ3n) is 4.46. The molecule has 4 nitrogen and oxygen atoms in total. The molecule has 29 heavy (non-hydrogen) atoms. The van der Waals surface area contributed by atoms with E-state index >= 15 is 0 Å². The summed E-state index contributed by atoms with van der Waals surface area (Å²) in [4.78, 5) is 18.0. The van der Waals surface area contributed by atoms with Crippen molar-refractivity contribution in [3.8, 4) is 17.0 Å². The van der Waals surface area contributed by atoms with Crippen LogP contribution in [0.1, 0.15) is 36.8 Å². The quantitative estimate of drug-likeness (QED) is 0.511. The van der Waals surface area contributed by atoms with Crippen LogP contribution in [0.5, 0.6) is 5.75 Å². The molecule has 152 valence electrons. The van der Waals surface area contributed by atoms with Gasteiger partial charge in [0.2, 0.25) is 0 Å². The monoisotopic (exact) mass is 428 g/mol. The minimum Gasteiger partial charge on any atom is -0.483 e. The molecule has 0 aliphatic rings. The molecule has 0 saturated heterocycles. The SMILES string of the molecule is Cc1ccc(OCC(=O)Nc2nc(-c3ccc(Cl)cc3)c(C)s2)c(C(C)(C)C)c1. The van der Waals surface area contributed by atoms with Crippen molar-refractivity contribution < 1.29 is 9.53 Å². The summed E-state index contributed by atoms with van der Waals surface area (Å²) in [6.45, 7) is 10.4. The molecular formula is C23H25ClN2O2S. The lowest BCUT2D eigenvalue weighted by atomic mass is 9.85. The van der Waals surface area contributed by atoms with Gasteiger partial charge in [0.25, 0.3) is 5.91 Å². The molecule has 0 radical (unpaired) electrons. The molecule has 0 atom stereocenters. The molecule has 1 aromatic heterocycles. The number of halogens is 1. The molecule has 1 heterocycles. The van der Waals surface area contributed by atoms with Gasteiger partial charge in [-0.05, 0) is 43.0 Å². The van der Waals surface area contributed by atoms with Gasteiger partial charge in [-0.2, -0.15) is 0 Å². The Labute approximate surface area is 180 Å². The summed E-state index contributed by atoms with van der Waals surface area (Å²) in [7, 11) is 0. The van der Waals surface area contributed by atoms with Crippen molar-refractivity contribution in [2.24, 2.45) is 0 Å².